The quantitative estimate of drug-likeness (QED) is 0.821. The normalized spacial score (nSPS) is 10.8. The molecule has 0 saturated carbocycles. The molecule has 2 rings (SSSR count). The Morgan fingerprint density at radius 2 is 1.95 bits per heavy atom. The molecular weight excluding hydrogens is 297 g/mol. The van der Waals surface area contributed by atoms with Crippen LogP contribution in [0.2, 0.25) is 10.0 Å². The molecule has 2 aromatic rings. The molecule has 0 spiro atoms. The average molecular weight is 314 g/mol. The number of benzene rings is 1. The third kappa shape index (κ3) is 3.88. The van der Waals surface area contributed by atoms with E-state index in [0.29, 0.717) is 10.0 Å². The highest BCUT2D eigenvalue weighted by atomic mass is 35.5. The van der Waals surface area contributed by atoms with E-state index in [1.54, 1.807) is 13.2 Å². The Balaban J connectivity index is 2.22. The molecule has 0 unspecified atom stereocenters. The van der Waals surface area contributed by atoms with Gasteiger partial charge in [-0.2, -0.15) is 0 Å². The molecule has 1 aromatic heterocycles. The van der Waals surface area contributed by atoms with Gasteiger partial charge in [0.05, 0.1) is 11.4 Å². The van der Waals surface area contributed by atoms with Crippen molar-refractivity contribution in [3.05, 3.63) is 40.1 Å². The summed E-state index contributed by atoms with van der Waals surface area (Å²) >= 11 is 12.1. The van der Waals surface area contributed by atoms with Gasteiger partial charge in [0.15, 0.2) is 0 Å². The highest BCUT2D eigenvalue weighted by Crippen LogP contribution is 2.24. The van der Waals surface area contributed by atoms with Crippen molar-refractivity contribution in [3.63, 3.8) is 0 Å². The molecule has 1 heterocycles. The zero-order chi connectivity index (χ0) is 14.5. The van der Waals surface area contributed by atoms with Crippen molar-refractivity contribution < 1.29 is 4.74 Å². The molecule has 4 nitrogen and oxygen atoms in total. The smallest absolute Gasteiger partial charge is 0.207 e. The number of halogens is 2. The first-order valence-corrected chi connectivity index (χ1v) is 7.11. The van der Waals surface area contributed by atoms with Gasteiger partial charge in [0.1, 0.15) is 0 Å². The molecule has 1 aromatic carbocycles. The van der Waals surface area contributed by atoms with Gasteiger partial charge in [-0.3, -0.25) is 4.57 Å². The van der Waals surface area contributed by atoms with Crippen molar-refractivity contribution in [3.8, 4) is 5.69 Å². The van der Waals surface area contributed by atoms with E-state index in [9.17, 15) is 0 Å². The van der Waals surface area contributed by atoms with Gasteiger partial charge >= 0.3 is 0 Å². The lowest BCUT2D eigenvalue weighted by Crippen LogP contribution is -2.09. The van der Waals surface area contributed by atoms with Gasteiger partial charge in [-0.05, 0) is 31.5 Å². The van der Waals surface area contributed by atoms with E-state index < -0.39 is 0 Å². The number of nitrogens with one attached hydrogen (secondary N) is 1. The predicted molar refractivity (Wildman–Crippen MR) is 83.3 cm³/mol. The highest BCUT2D eigenvalue weighted by Gasteiger charge is 2.08. The summed E-state index contributed by atoms with van der Waals surface area (Å²) in [7, 11) is 1.69. The van der Waals surface area contributed by atoms with E-state index in [-0.39, 0.29) is 0 Å². The molecule has 0 amide bonds. The van der Waals surface area contributed by atoms with E-state index in [1.807, 2.05) is 29.8 Å². The van der Waals surface area contributed by atoms with Gasteiger partial charge in [-0.15, -0.1) is 0 Å². The largest absolute Gasteiger partial charge is 0.385 e. The first-order valence-electron chi connectivity index (χ1n) is 6.35. The zero-order valence-corrected chi connectivity index (χ0v) is 13.0. The Hall–Kier alpha value is -1.23. The summed E-state index contributed by atoms with van der Waals surface area (Å²) in [5, 5.41) is 4.49. The van der Waals surface area contributed by atoms with Crippen LogP contribution in [0.1, 0.15) is 12.1 Å². The lowest BCUT2D eigenvalue weighted by molar-refractivity contribution is 0.197. The second kappa shape index (κ2) is 6.97. The topological polar surface area (TPSA) is 39.1 Å². The van der Waals surface area contributed by atoms with E-state index in [0.717, 1.165) is 36.9 Å². The molecular formula is C14H17Cl2N3O. The molecule has 0 bridgehead atoms. The Morgan fingerprint density at radius 3 is 2.60 bits per heavy atom. The summed E-state index contributed by atoms with van der Waals surface area (Å²) in [4.78, 5) is 4.47. The van der Waals surface area contributed by atoms with Crippen LogP contribution in [0.5, 0.6) is 0 Å². The number of hydrogen-bond donors (Lipinski definition) is 1. The summed E-state index contributed by atoms with van der Waals surface area (Å²) < 4.78 is 6.97. The van der Waals surface area contributed by atoms with Crippen LogP contribution in [0.25, 0.3) is 5.69 Å². The first-order chi connectivity index (χ1) is 9.60. The number of hydrogen-bond acceptors (Lipinski definition) is 3. The number of aromatic nitrogens is 2. The average Bonchev–Trinajstić information content (AvgIpc) is 2.75. The second-order valence-corrected chi connectivity index (χ2v) is 5.35. The van der Waals surface area contributed by atoms with Crippen molar-refractivity contribution in [2.24, 2.45) is 0 Å². The van der Waals surface area contributed by atoms with Crippen LogP contribution in [0.3, 0.4) is 0 Å². The highest BCUT2D eigenvalue weighted by molar-refractivity contribution is 6.34. The van der Waals surface area contributed by atoms with Gasteiger partial charge in [0.25, 0.3) is 0 Å². The maximum absolute atomic E-state index is 6.05. The summed E-state index contributed by atoms with van der Waals surface area (Å²) in [5.74, 6) is 0.775. The van der Waals surface area contributed by atoms with Crippen LogP contribution in [0.15, 0.2) is 24.4 Å². The summed E-state index contributed by atoms with van der Waals surface area (Å²) in [6.45, 7) is 3.46. The van der Waals surface area contributed by atoms with E-state index in [2.05, 4.69) is 10.3 Å². The molecule has 6 heteroatoms. The zero-order valence-electron chi connectivity index (χ0n) is 11.5. The predicted octanol–water partition coefficient (Wildman–Crippen LogP) is 3.94. The fourth-order valence-electron chi connectivity index (χ4n) is 1.91. The Kier molecular flexibility index (Phi) is 5.29. The van der Waals surface area contributed by atoms with Crippen LogP contribution < -0.4 is 5.32 Å². The summed E-state index contributed by atoms with van der Waals surface area (Å²) in [6.07, 6.45) is 2.86. The molecule has 0 radical (unpaired) electrons. The monoisotopic (exact) mass is 313 g/mol. The van der Waals surface area contributed by atoms with Crippen molar-refractivity contribution >= 4 is 29.2 Å². The third-order valence-corrected chi connectivity index (χ3v) is 3.20. The van der Waals surface area contributed by atoms with Crippen LogP contribution >= 0.6 is 23.2 Å². The second-order valence-electron chi connectivity index (χ2n) is 4.48. The minimum Gasteiger partial charge on any atom is -0.385 e. The minimum atomic E-state index is 0.601. The Labute approximate surface area is 128 Å². The fraction of sp³-hybridized carbons (Fsp3) is 0.357. The number of aryl methyl sites for hydroxylation is 1. The first kappa shape index (κ1) is 15.2. The fourth-order valence-corrected chi connectivity index (χ4v) is 2.43. The Morgan fingerprint density at radius 1 is 1.25 bits per heavy atom. The lowest BCUT2D eigenvalue weighted by atomic mass is 10.3. The van der Waals surface area contributed by atoms with Gasteiger partial charge in [0.2, 0.25) is 5.95 Å². The molecule has 0 atom stereocenters. The van der Waals surface area contributed by atoms with E-state index in [4.69, 9.17) is 27.9 Å². The number of rotatable bonds is 6. The molecule has 0 aliphatic carbocycles. The number of imidazole rings is 1. The standard InChI is InChI=1S/C14H17Cl2N3O/c1-10-9-19(13-7-11(15)6-12(16)8-13)14(18-10)17-4-3-5-20-2/h6-9H,3-5H2,1-2H3,(H,17,18). The van der Waals surface area contributed by atoms with Gasteiger partial charge in [0, 0.05) is 36.5 Å². The van der Waals surface area contributed by atoms with Crippen LogP contribution in [-0.2, 0) is 4.74 Å². The third-order valence-electron chi connectivity index (χ3n) is 2.76. The van der Waals surface area contributed by atoms with Crippen molar-refractivity contribution in [2.75, 3.05) is 25.6 Å². The van der Waals surface area contributed by atoms with Crippen molar-refractivity contribution in [1.29, 1.82) is 0 Å². The molecule has 1 N–H and O–H groups in total. The number of methoxy groups -OCH3 is 1. The van der Waals surface area contributed by atoms with Gasteiger partial charge in [-0.1, -0.05) is 23.2 Å². The van der Waals surface area contributed by atoms with Crippen molar-refractivity contribution in [2.45, 2.75) is 13.3 Å². The van der Waals surface area contributed by atoms with E-state index in [1.165, 1.54) is 0 Å². The maximum Gasteiger partial charge on any atom is 0.207 e. The lowest BCUT2D eigenvalue weighted by Gasteiger charge is -2.10. The van der Waals surface area contributed by atoms with Gasteiger partial charge in [-0.25, -0.2) is 4.98 Å². The van der Waals surface area contributed by atoms with Gasteiger partial charge < -0.3 is 10.1 Å². The van der Waals surface area contributed by atoms with E-state index >= 15 is 0 Å². The molecule has 0 aliphatic rings. The minimum absolute atomic E-state index is 0.601. The van der Waals surface area contributed by atoms with Crippen LogP contribution in [0.4, 0.5) is 5.95 Å². The number of nitrogens with zero attached hydrogens (tertiary/aromatic N) is 2. The summed E-state index contributed by atoms with van der Waals surface area (Å²) in [5.41, 5.74) is 1.81. The van der Waals surface area contributed by atoms with Crippen molar-refractivity contribution in [1.82, 2.24) is 9.55 Å². The molecule has 20 heavy (non-hydrogen) atoms. The number of anilines is 1. The molecule has 0 aliphatic heterocycles. The number of ether oxygens (including phenoxy) is 1. The Bertz CT molecular complexity index is 564. The van der Waals surface area contributed by atoms with Crippen LogP contribution in [0, 0.1) is 6.92 Å². The molecule has 0 fully saturated rings. The molecule has 108 valence electrons. The maximum atomic E-state index is 6.05. The SMILES string of the molecule is COCCCNc1nc(C)cn1-c1cc(Cl)cc(Cl)c1. The molecule has 0 saturated heterocycles. The summed E-state index contributed by atoms with van der Waals surface area (Å²) in [6, 6.07) is 5.42. The van der Waals surface area contributed by atoms with Crippen LogP contribution in [-0.4, -0.2) is 29.8 Å².